The molecule has 2 unspecified atom stereocenters. The number of likely N-dealkylation sites (N-methyl/N-ethyl adjacent to an activating group) is 1. The lowest BCUT2D eigenvalue weighted by atomic mass is 10.0. The summed E-state index contributed by atoms with van der Waals surface area (Å²) in [5, 5.41) is 0. The fourth-order valence-corrected chi connectivity index (χ4v) is 11.0. The van der Waals surface area contributed by atoms with Gasteiger partial charge in [0, 0.05) is 12.8 Å². The fourth-order valence-electron chi connectivity index (χ4n) is 10.2. The number of rotatable bonds is 69. The molecule has 2 atom stereocenters. The maximum absolute atomic E-state index is 12.9. The van der Waals surface area contributed by atoms with Crippen LogP contribution in [-0.4, -0.2) is 70.0 Å². The molecule has 0 N–H and O–H groups in total. The summed E-state index contributed by atoms with van der Waals surface area (Å²) in [7, 11) is 1.14. The van der Waals surface area contributed by atoms with Crippen LogP contribution in [0.2, 0.25) is 0 Å². The van der Waals surface area contributed by atoms with E-state index >= 15 is 0 Å². The Morgan fingerprint density at radius 1 is 0.340 bits per heavy atom. The van der Waals surface area contributed by atoms with Crippen LogP contribution in [0, 0.1) is 0 Å². The second-order valence-corrected chi connectivity index (χ2v) is 27.7. The molecule has 0 saturated heterocycles. The molecule has 10 heteroatoms. The summed E-state index contributed by atoms with van der Waals surface area (Å²) in [6.45, 7) is 4.11. The quantitative estimate of drug-likeness (QED) is 0.0195. The van der Waals surface area contributed by atoms with E-state index in [1.165, 1.54) is 141 Å². The van der Waals surface area contributed by atoms with Crippen molar-refractivity contribution in [3.8, 4) is 0 Å². The third-order valence-corrected chi connectivity index (χ3v) is 17.0. The third kappa shape index (κ3) is 76.6. The summed E-state index contributed by atoms with van der Waals surface area (Å²) in [6, 6.07) is 0. The van der Waals surface area contributed by atoms with Crippen molar-refractivity contribution in [1.29, 1.82) is 0 Å². The van der Waals surface area contributed by atoms with Crippen LogP contribution in [-0.2, 0) is 32.7 Å². The monoisotopic (exact) mass is 1320 g/mol. The van der Waals surface area contributed by atoms with Crippen LogP contribution in [0.4, 0.5) is 0 Å². The molecule has 0 aromatic carbocycles. The van der Waals surface area contributed by atoms with E-state index in [0.717, 1.165) is 135 Å². The summed E-state index contributed by atoms with van der Waals surface area (Å²) < 4.78 is 34.3. The minimum Gasteiger partial charge on any atom is -0.756 e. The number of phosphoric acid groups is 1. The van der Waals surface area contributed by atoms with Gasteiger partial charge in [0.1, 0.15) is 19.8 Å². The average Bonchev–Trinajstić information content (AvgIpc) is 1.56. The van der Waals surface area contributed by atoms with E-state index in [2.05, 4.69) is 172 Å². The highest BCUT2D eigenvalue weighted by Crippen LogP contribution is 2.38. The highest BCUT2D eigenvalue weighted by atomic mass is 31.2. The Hall–Kier alpha value is -4.37. The van der Waals surface area contributed by atoms with Gasteiger partial charge in [-0.3, -0.25) is 14.2 Å². The largest absolute Gasteiger partial charge is 0.756 e. The predicted octanol–water partition coefficient (Wildman–Crippen LogP) is 24.9. The maximum Gasteiger partial charge on any atom is 0.306 e. The molecule has 0 heterocycles. The van der Waals surface area contributed by atoms with Crippen LogP contribution in [0.25, 0.3) is 0 Å². The molecule has 0 bridgehead atoms. The van der Waals surface area contributed by atoms with Crippen molar-refractivity contribution >= 4 is 19.8 Å². The Morgan fingerprint density at radius 2 is 0.606 bits per heavy atom. The molecule has 0 spiro atoms. The number of esters is 2. The van der Waals surface area contributed by atoms with E-state index < -0.39 is 26.5 Å². The second kappa shape index (κ2) is 72.9. The molecule has 94 heavy (non-hydrogen) atoms. The standard InChI is InChI=1S/C84H142NO8P/c1-6-8-10-12-14-16-18-20-22-24-26-28-30-32-34-36-38-40-41-42-43-45-47-49-51-53-55-57-59-61-63-65-67-69-71-73-75-77-84(87)93-82(81-92-94(88,89)91-79-78-85(3,4)5)80-90-83(86)76-74-72-70-68-66-64-62-60-58-56-54-52-50-48-46-44-39-37-35-33-31-29-27-25-23-21-19-17-15-13-11-9-7-2/h8,10,14,16,19-22,25-28,31-34,38,40,42-43,47,49,53,55,59,61,82H,6-7,9,11-13,15,17-18,23-24,29-30,35-37,39,41,44-46,48,50-52,54,56-58,60,62-81H2,1-5H3/b10-8-,16-14-,21-19-,22-20-,27-25-,28-26-,33-31-,34-32-,40-38-,43-42-,49-47-,55-53-,61-59-. The van der Waals surface area contributed by atoms with E-state index in [0.29, 0.717) is 17.4 Å². The van der Waals surface area contributed by atoms with Gasteiger partial charge in [-0.15, -0.1) is 0 Å². The molecule has 0 radical (unpaired) electrons. The molecule has 0 aliphatic carbocycles. The average molecular weight is 1330 g/mol. The normalized spacial score (nSPS) is 14.0. The second-order valence-electron chi connectivity index (χ2n) is 26.3. The number of allylic oxidation sites excluding steroid dienone is 26. The zero-order valence-corrected chi connectivity index (χ0v) is 62.0. The lowest BCUT2D eigenvalue weighted by Gasteiger charge is -2.28. The van der Waals surface area contributed by atoms with Gasteiger partial charge in [0.25, 0.3) is 7.82 Å². The molecular formula is C84H142NO8P. The number of unbranched alkanes of at least 4 members (excludes halogenated alkanes) is 29. The third-order valence-electron chi connectivity index (χ3n) is 16.0. The van der Waals surface area contributed by atoms with Crippen molar-refractivity contribution in [1.82, 2.24) is 0 Å². The molecule has 0 fully saturated rings. The first-order chi connectivity index (χ1) is 46.0. The number of nitrogens with zero attached hydrogens (tertiary/aromatic N) is 1. The summed E-state index contributed by atoms with van der Waals surface area (Å²) in [4.78, 5) is 38.1. The minimum absolute atomic E-state index is 0.0408. The highest BCUT2D eigenvalue weighted by Gasteiger charge is 2.22. The van der Waals surface area contributed by atoms with Gasteiger partial charge in [-0.1, -0.05) is 326 Å². The molecule has 0 aromatic rings. The number of carbonyl (C=O) groups excluding carboxylic acids is 2. The SMILES string of the molecule is CC/C=C\C/C=C\C/C=C\C/C=C\C/C=C\C/C=C\C/C=C\C/C=C\C/C=C\C/C=C\CCCCCCCCC(=O)OC(COC(=O)CCCCCCCCCCCCCCCCCCCC/C=C\C/C=C\C/C=C\CCCCCCC)COP(=O)([O-])OCC[N+](C)(C)C. The van der Waals surface area contributed by atoms with Crippen molar-refractivity contribution in [2.24, 2.45) is 0 Å². The summed E-state index contributed by atoms with van der Waals surface area (Å²) >= 11 is 0. The molecule has 0 amide bonds. The van der Waals surface area contributed by atoms with Crippen molar-refractivity contribution in [3.63, 3.8) is 0 Å². The number of carbonyl (C=O) groups is 2. The van der Waals surface area contributed by atoms with Crippen molar-refractivity contribution in [2.75, 3.05) is 47.5 Å². The molecule has 0 aliphatic heterocycles. The van der Waals surface area contributed by atoms with Gasteiger partial charge in [-0.2, -0.15) is 0 Å². The Balaban J connectivity index is 4.09. The fraction of sp³-hybridized carbons (Fsp3) is 0.667. The Labute approximate surface area is 579 Å². The molecule has 9 nitrogen and oxygen atoms in total. The number of ether oxygens (including phenoxy) is 2. The van der Waals surface area contributed by atoms with E-state index in [1.807, 2.05) is 21.1 Å². The van der Waals surface area contributed by atoms with Crippen molar-refractivity contribution in [2.45, 2.75) is 315 Å². The minimum atomic E-state index is -4.66. The number of hydrogen-bond donors (Lipinski definition) is 0. The Morgan fingerprint density at radius 3 is 0.904 bits per heavy atom. The topological polar surface area (TPSA) is 111 Å². The first kappa shape index (κ1) is 89.6. The van der Waals surface area contributed by atoms with Gasteiger partial charge in [-0.05, 0) is 128 Å². The summed E-state index contributed by atoms with van der Waals surface area (Å²) in [6.07, 6.45) is 109. The summed E-state index contributed by atoms with van der Waals surface area (Å²) in [5.74, 6) is -0.851. The molecule has 536 valence electrons. The van der Waals surface area contributed by atoms with E-state index in [1.54, 1.807) is 0 Å². The Kier molecular flexibility index (Phi) is 69.5. The maximum atomic E-state index is 12.9. The van der Waals surface area contributed by atoms with Gasteiger partial charge < -0.3 is 27.9 Å². The lowest BCUT2D eigenvalue weighted by molar-refractivity contribution is -0.870. The van der Waals surface area contributed by atoms with Gasteiger partial charge in [0.05, 0.1) is 27.7 Å². The number of hydrogen-bond acceptors (Lipinski definition) is 8. The van der Waals surface area contributed by atoms with Crippen LogP contribution in [0.5, 0.6) is 0 Å². The molecular weight excluding hydrogens is 1180 g/mol. The van der Waals surface area contributed by atoms with Crippen molar-refractivity contribution < 1.29 is 42.1 Å². The number of quaternary nitrogens is 1. The van der Waals surface area contributed by atoms with Gasteiger partial charge in [-0.25, -0.2) is 0 Å². The molecule has 0 aliphatic rings. The zero-order chi connectivity index (χ0) is 68.3. The van der Waals surface area contributed by atoms with Crippen LogP contribution in [0.3, 0.4) is 0 Å². The van der Waals surface area contributed by atoms with Gasteiger partial charge in [0.2, 0.25) is 0 Å². The number of phosphoric ester groups is 1. The van der Waals surface area contributed by atoms with Crippen LogP contribution in [0.1, 0.15) is 309 Å². The Bertz CT molecular complexity index is 2150. The molecule has 0 rings (SSSR count). The van der Waals surface area contributed by atoms with Crippen molar-refractivity contribution in [3.05, 3.63) is 158 Å². The highest BCUT2D eigenvalue weighted by molar-refractivity contribution is 7.45. The van der Waals surface area contributed by atoms with E-state index in [9.17, 15) is 19.0 Å². The smallest absolute Gasteiger partial charge is 0.306 e. The first-order valence-corrected chi connectivity index (χ1v) is 39.7. The molecule has 0 saturated carbocycles. The van der Waals surface area contributed by atoms with E-state index in [-0.39, 0.29) is 32.0 Å². The van der Waals surface area contributed by atoms with Crippen LogP contribution >= 0.6 is 7.82 Å². The van der Waals surface area contributed by atoms with E-state index in [4.69, 9.17) is 18.5 Å². The first-order valence-electron chi connectivity index (χ1n) is 38.2. The predicted molar refractivity (Wildman–Crippen MR) is 406 cm³/mol. The zero-order valence-electron chi connectivity index (χ0n) is 61.1. The van der Waals surface area contributed by atoms with Gasteiger partial charge >= 0.3 is 11.9 Å². The summed E-state index contributed by atoms with van der Waals surface area (Å²) in [5.41, 5.74) is 0. The van der Waals surface area contributed by atoms with Crippen LogP contribution in [0.15, 0.2) is 158 Å². The molecule has 0 aromatic heterocycles. The van der Waals surface area contributed by atoms with Crippen LogP contribution < -0.4 is 4.89 Å². The lowest BCUT2D eigenvalue weighted by Crippen LogP contribution is -2.37. The van der Waals surface area contributed by atoms with Gasteiger partial charge in [0.15, 0.2) is 6.10 Å².